The molecule has 1 amide bonds. The van der Waals surface area contributed by atoms with Crippen molar-refractivity contribution in [3.05, 3.63) is 22.4 Å². The molecule has 2 rings (SSSR count). The topological polar surface area (TPSA) is 32.3 Å². The zero-order valence-corrected chi connectivity index (χ0v) is 11.0. The number of hydrogen-bond acceptors (Lipinski definition) is 3. The summed E-state index contributed by atoms with van der Waals surface area (Å²) in [6, 6.07) is 4.26. The first-order valence-corrected chi connectivity index (χ1v) is 7.25. The van der Waals surface area contributed by atoms with E-state index in [-0.39, 0.29) is 0 Å². The van der Waals surface area contributed by atoms with Crippen LogP contribution in [0.4, 0.5) is 0 Å². The molecule has 3 nitrogen and oxygen atoms in total. The highest BCUT2D eigenvalue weighted by Crippen LogP contribution is 2.13. The number of nitrogens with one attached hydrogen (secondary N) is 1. The van der Waals surface area contributed by atoms with Crippen LogP contribution in [0.3, 0.4) is 0 Å². The summed E-state index contributed by atoms with van der Waals surface area (Å²) in [5.41, 5.74) is 0. The number of hydrogen-bond donors (Lipinski definition) is 1. The smallest absolute Gasteiger partial charge is 0.222 e. The van der Waals surface area contributed by atoms with Crippen LogP contribution in [0.15, 0.2) is 17.5 Å². The summed E-state index contributed by atoms with van der Waals surface area (Å²) in [5.74, 6) is 0.331. The Morgan fingerprint density at radius 2 is 2.18 bits per heavy atom. The van der Waals surface area contributed by atoms with Crippen molar-refractivity contribution in [3.8, 4) is 0 Å². The zero-order valence-electron chi connectivity index (χ0n) is 10.2. The summed E-state index contributed by atoms with van der Waals surface area (Å²) >= 11 is 1.81. The van der Waals surface area contributed by atoms with Crippen molar-refractivity contribution in [2.75, 3.05) is 26.2 Å². The Hall–Kier alpha value is -0.870. The van der Waals surface area contributed by atoms with Gasteiger partial charge < -0.3 is 10.2 Å². The molecule has 1 saturated heterocycles. The summed E-state index contributed by atoms with van der Waals surface area (Å²) in [6.07, 6.45) is 3.97. The number of nitrogens with zero attached hydrogens (tertiary/aromatic N) is 1. The molecule has 1 aliphatic heterocycles. The van der Waals surface area contributed by atoms with Gasteiger partial charge in [0.05, 0.1) is 0 Å². The highest BCUT2D eigenvalue weighted by Gasteiger charge is 2.15. The molecule has 0 bridgehead atoms. The van der Waals surface area contributed by atoms with E-state index in [1.54, 1.807) is 11.3 Å². The average Bonchev–Trinajstić information content (AvgIpc) is 2.88. The standard InChI is InChI=1S/C13H20N2OS/c16-13(15-9-7-14-8-10-15)6-2-1-4-12-5-3-11-17-12/h3,5,11,14H,1-2,4,6-10H2. The maximum Gasteiger partial charge on any atom is 0.222 e. The molecule has 0 unspecified atom stereocenters. The van der Waals surface area contributed by atoms with Crippen LogP contribution in [0, 0.1) is 0 Å². The van der Waals surface area contributed by atoms with Crippen LogP contribution in [-0.4, -0.2) is 37.0 Å². The van der Waals surface area contributed by atoms with Crippen molar-refractivity contribution in [1.82, 2.24) is 10.2 Å². The van der Waals surface area contributed by atoms with Gasteiger partial charge in [0, 0.05) is 37.5 Å². The lowest BCUT2D eigenvalue weighted by molar-refractivity contribution is -0.131. The highest BCUT2D eigenvalue weighted by atomic mass is 32.1. The molecule has 0 radical (unpaired) electrons. The van der Waals surface area contributed by atoms with E-state index in [4.69, 9.17) is 0 Å². The second-order valence-electron chi connectivity index (χ2n) is 4.42. The molecule has 94 valence electrons. The third-order valence-corrected chi connectivity index (χ3v) is 4.05. The van der Waals surface area contributed by atoms with E-state index in [9.17, 15) is 4.79 Å². The minimum Gasteiger partial charge on any atom is -0.340 e. The van der Waals surface area contributed by atoms with E-state index < -0.39 is 0 Å². The second-order valence-corrected chi connectivity index (χ2v) is 5.45. The summed E-state index contributed by atoms with van der Waals surface area (Å²) in [6.45, 7) is 3.65. The van der Waals surface area contributed by atoms with Gasteiger partial charge in [-0.3, -0.25) is 4.79 Å². The molecule has 1 fully saturated rings. The molecule has 1 aromatic rings. The summed E-state index contributed by atoms with van der Waals surface area (Å²) < 4.78 is 0. The Balaban J connectivity index is 1.59. The van der Waals surface area contributed by atoms with Crippen molar-refractivity contribution < 1.29 is 4.79 Å². The van der Waals surface area contributed by atoms with Crippen molar-refractivity contribution >= 4 is 17.2 Å². The van der Waals surface area contributed by atoms with Crippen LogP contribution in [0.1, 0.15) is 24.1 Å². The minimum atomic E-state index is 0.331. The fourth-order valence-corrected chi connectivity index (χ4v) is 2.85. The lowest BCUT2D eigenvalue weighted by Crippen LogP contribution is -2.46. The highest BCUT2D eigenvalue weighted by molar-refractivity contribution is 7.09. The van der Waals surface area contributed by atoms with Crippen LogP contribution >= 0.6 is 11.3 Å². The van der Waals surface area contributed by atoms with Crippen LogP contribution in [0.2, 0.25) is 0 Å². The Kier molecular flexibility index (Phi) is 5.01. The fraction of sp³-hybridized carbons (Fsp3) is 0.615. The molecular formula is C13H20N2OS. The summed E-state index contributed by atoms with van der Waals surface area (Å²) in [7, 11) is 0. The molecule has 2 heterocycles. The quantitative estimate of drug-likeness (QED) is 0.812. The van der Waals surface area contributed by atoms with E-state index in [1.807, 2.05) is 4.90 Å². The van der Waals surface area contributed by atoms with Crippen LogP contribution in [0.5, 0.6) is 0 Å². The van der Waals surface area contributed by atoms with Gasteiger partial charge >= 0.3 is 0 Å². The predicted octanol–water partition coefficient (Wildman–Crippen LogP) is 1.89. The lowest BCUT2D eigenvalue weighted by atomic mass is 10.1. The first-order valence-electron chi connectivity index (χ1n) is 6.37. The van der Waals surface area contributed by atoms with Gasteiger partial charge in [-0.15, -0.1) is 11.3 Å². The Bertz CT molecular complexity index is 331. The SMILES string of the molecule is O=C(CCCCc1cccs1)N1CCNCC1. The van der Waals surface area contributed by atoms with E-state index in [2.05, 4.69) is 22.8 Å². The zero-order chi connectivity index (χ0) is 11.9. The van der Waals surface area contributed by atoms with Gasteiger partial charge in [0.15, 0.2) is 0 Å². The summed E-state index contributed by atoms with van der Waals surface area (Å²) in [5, 5.41) is 5.38. The van der Waals surface area contributed by atoms with Gasteiger partial charge in [-0.1, -0.05) is 6.07 Å². The number of carbonyl (C=O) groups is 1. The van der Waals surface area contributed by atoms with Crippen molar-refractivity contribution in [1.29, 1.82) is 0 Å². The molecule has 4 heteroatoms. The number of rotatable bonds is 5. The first-order chi connectivity index (χ1) is 8.36. The summed E-state index contributed by atoms with van der Waals surface area (Å²) in [4.78, 5) is 15.3. The number of unbranched alkanes of at least 4 members (excludes halogenated alkanes) is 1. The molecule has 0 aromatic carbocycles. The number of aryl methyl sites for hydroxylation is 1. The van der Waals surface area contributed by atoms with Crippen molar-refractivity contribution in [3.63, 3.8) is 0 Å². The van der Waals surface area contributed by atoms with Gasteiger partial charge in [-0.25, -0.2) is 0 Å². The number of carbonyl (C=O) groups excluding carboxylic acids is 1. The minimum absolute atomic E-state index is 0.331. The van der Waals surface area contributed by atoms with E-state index in [0.717, 1.165) is 45.4 Å². The molecule has 0 atom stereocenters. The largest absolute Gasteiger partial charge is 0.340 e. The number of piperazine rings is 1. The maximum absolute atomic E-state index is 11.9. The number of thiophene rings is 1. The van der Waals surface area contributed by atoms with E-state index in [0.29, 0.717) is 12.3 Å². The molecule has 17 heavy (non-hydrogen) atoms. The van der Waals surface area contributed by atoms with Gasteiger partial charge in [0.1, 0.15) is 0 Å². The molecule has 1 aromatic heterocycles. The maximum atomic E-state index is 11.9. The van der Waals surface area contributed by atoms with Crippen LogP contribution in [-0.2, 0) is 11.2 Å². The molecule has 0 spiro atoms. The third kappa shape index (κ3) is 4.13. The predicted molar refractivity (Wildman–Crippen MR) is 71.3 cm³/mol. The third-order valence-electron chi connectivity index (χ3n) is 3.11. The normalized spacial score (nSPS) is 16.1. The van der Waals surface area contributed by atoms with Gasteiger partial charge in [0.25, 0.3) is 0 Å². The molecule has 1 N–H and O–H groups in total. The van der Waals surface area contributed by atoms with Crippen LogP contribution < -0.4 is 5.32 Å². The molecule has 0 saturated carbocycles. The Labute approximate surface area is 107 Å². The van der Waals surface area contributed by atoms with Crippen molar-refractivity contribution in [2.24, 2.45) is 0 Å². The van der Waals surface area contributed by atoms with Gasteiger partial charge in [0.2, 0.25) is 5.91 Å². The fourth-order valence-electron chi connectivity index (χ4n) is 2.10. The average molecular weight is 252 g/mol. The van der Waals surface area contributed by atoms with Crippen LogP contribution in [0.25, 0.3) is 0 Å². The molecule has 0 aliphatic carbocycles. The Morgan fingerprint density at radius 3 is 2.88 bits per heavy atom. The van der Waals surface area contributed by atoms with Crippen molar-refractivity contribution in [2.45, 2.75) is 25.7 Å². The lowest BCUT2D eigenvalue weighted by Gasteiger charge is -2.27. The number of amides is 1. The van der Waals surface area contributed by atoms with E-state index >= 15 is 0 Å². The molecule has 1 aliphatic rings. The second kappa shape index (κ2) is 6.77. The molecular weight excluding hydrogens is 232 g/mol. The van der Waals surface area contributed by atoms with Gasteiger partial charge in [-0.05, 0) is 30.7 Å². The first kappa shape index (κ1) is 12.6. The monoisotopic (exact) mass is 252 g/mol. The van der Waals surface area contributed by atoms with E-state index in [1.165, 1.54) is 4.88 Å². The Morgan fingerprint density at radius 1 is 1.35 bits per heavy atom. The van der Waals surface area contributed by atoms with Gasteiger partial charge in [-0.2, -0.15) is 0 Å².